The fourth-order valence-electron chi connectivity index (χ4n) is 2.38. The van der Waals surface area contributed by atoms with Crippen LogP contribution in [0.25, 0.3) is 0 Å². The number of ether oxygens (including phenoxy) is 2. The Morgan fingerprint density at radius 2 is 2.06 bits per heavy atom. The van der Waals surface area contributed by atoms with Gasteiger partial charge in [-0.25, -0.2) is 4.98 Å². The zero-order valence-corrected chi connectivity index (χ0v) is 10.0. The first-order valence-electron chi connectivity index (χ1n) is 5.74. The Balaban J connectivity index is 1.54. The van der Waals surface area contributed by atoms with Crippen molar-refractivity contribution in [3.8, 4) is 0 Å². The quantitative estimate of drug-likeness (QED) is 0.784. The van der Waals surface area contributed by atoms with Gasteiger partial charge in [-0.3, -0.25) is 4.90 Å². The van der Waals surface area contributed by atoms with E-state index in [9.17, 15) is 0 Å². The molecule has 0 N–H and O–H groups in total. The highest BCUT2D eigenvalue weighted by Gasteiger charge is 2.39. The predicted molar refractivity (Wildman–Crippen MR) is 61.3 cm³/mol. The van der Waals surface area contributed by atoms with Crippen LogP contribution in [0.4, 0.5) is 0 Å². The zero-order valence-electron chi connectivity index (χ0n) is 9.22. The minimum absolute atomic E-state index is 0.251. The van der Waals surface area contributed by atoms with Gasteiger partial charge in [0.2, 0.25) is 0 Å². The number of thiazole rings is 1. The number of aromatic nitrogens is 1. The summed E-state index contributed by atoms with van der Waals surface area (Å²) in [6.07, 6.45) is 1.97. The van der Waals surface area contributed by atoms with Crippen LogP contribution in [-0.2, 0) is 16.0 Å². The molecule has 0 aliphatic carbocycles. The highest BCUT2D eigenvalue weighted by atomic mass is 32.1. The largest absolute Gasteiger partial charge is 0.347 e. The van der Waals surface area contributed by atoms with E-state index in [1.54, 1.807) is 11.3 Å². The van der Waals surface area contributed by atoms with Crippen LogP contribution >= 0.6 is 11.3 Å². The minimum Gasteiger partial charge on any atom is -0.347 e. The van der Waals surface area contributed by atoms with Crippen molar-refractivity contribution in [1.82, 2.24) is 9.88 Å². The topological polar surface area (TPSA) is 34.6 Å². The van der Waals surface area contributed by atoms with Crippen LogP contribution < -0.4 is 0 Å². The monoisotopic (exact) mass is 240 g/mol. The number of likely N-dealkylation sites (tertiary alicyclic amines) is 1. The van der Waals surface area contributed by atoms with Gasteiger partial charge in [0.25, 0.3) is 0 Å². The second-order valence-corrected chi connectivity index (χ2v) is 5.08. The Kier molecular flexibility index (Phi) is 2.93. The van der Waals surface area contributed by atoms with Crippen LogP contribution in [-0.4, -0.2) is 42.0 Å². The summed E-state index contributed by atoms with van der Waals surface area (Å²) in [6.45, 7) is 4.55. The van der Waals surface area contributed by atoms with E-state index >= 15 is 0 Å². The molecule has 0 aromatic carbocycles. The molecule has 1 spiro atoms. The molecule has 0 unspecified atom stereocenters. The molecule has 16 heavy (non-hydrogen) atoms. The Labute approximate surface area is 99.2 Å². The van der Waals surface area contributed by atoms with Gasteiger partial charge in [0.1, 0.15) is 0 Å². The van der Waals surface area contributed by atoms with Gasteiger partial charge in [0.15, 0.2) is 5.79 Å². The molecule has 0 radical (unpaired) electrons. The molecule has 0 atom stereocenters. The molecule has 3 rings (SSSR count). The molecule has 1 aromatic heterocycles. The maximum atomic E-state index is 5.70. The molecule has 0 saturated carbocycles. The summed E-state index contributed by atoms with van der Waals surface area (Å²) >= 11 is 1.66. The molecule has 0 amide bonds. The van der Waals surface area contributed by atoms with Crippen LogP contribution in [0.1, 0.15) is 18.5 Å². The first kappa shape index (κ1) is 10.7. The van der Waals surface area contributed by atoms with Crippen molar-refractivity contribution < 1.29 is 9.47 Å². The van der Waals surface area contributed by atoms with E-state index in [0.717, 1.165) is 45.7 Å². The number of rotatable bonds is 2. The maximum Gasteiger partial charge on any atom is 0.170 e. The van der Waals surface area contributed by atoms with Gasteiger partial charge in [0.05, 0.1) is 24.4 Å². The highest BCUT2D eigenvalue weighted by molar-refractivity contribution is 7.07. The van der Waals surface area contributed by atoms with Gasteiger partial charge in [-0.05, 0) is 0 Å². The fourth-order valence-corrected chi connectivity index (χ4v) is 2.93. The first-order chi connectivity index (χ1) is 7.86. The van der Waals surface area contributed by atoms with Crippen molar-refractivity contribution in [3.63, 3.8) is 0 Å². The molecule has 2 aliphatic heterocycles. The third-order valence-corrected chi connectivity index (χ3v) is 3.94. The fraction of sp³-hybridized carbons (Fsp3) is 0.727. The molecule has 3 heterocycles. The summed E-state index contributed by atoms with van der Waals surface area (Å²) in [4.78, 5) is 6.74. The molecular weight excluding hydrogens is 224 g/mol. The predicted octanol–water partition coefficient (Wildman–Crippen LogP) is 1.48. The van der Waals surface area contributed by atoms with Crippen molar-refractivity contribution in [3.05, 3.63) is 16.6 Å². The van der Waals surface area contributed by atoms with Crippen LogP contribution in [0.2, 0.25) is 0 Å². The van der Waals surface area contributed by atoms with Crippen LogP contribution in [0.3, 0.4) is 0 Å². The lowest BCUT2D eigenvalue weighted by molar-refractivity contribution is -0.185. The Morgan fingerprint density at radius 1 is 1.31 bits per heavy atom. The number of piperidine rings is 1. The van der Waals surface area contributed by atoms with Crippen molar-refractivity contribution in [2.75, 3.05) is 26.3 Å². The van der Waals surface area contributed by atoms with E-state index in [1.807, 2.05) is 5.51 Å². The average molecular weight is 240 g/mol. The highest BCUT2D eigenvalue weighted by Crippen LogP contribution is 2.31. The lowest BCUT2D eigenvalue weighted by Gasteiger charge is -2.37. The van der Waals surface area contributed by atoms with E-state index in [2.05, 4.69) is 15.3 Å². The summed E-state index contributed by atoms with van der Waals surface area (Å²) < 4.78 is 11.4. The van der Waals surface area contributed by atoms with E-state index in [1.165, 1.54) is 5.69 Å². The second-order valence-electron chi connectivity index (χ2n) is 4.36. The lowest BCUT2D eigenvalue weighted by atomic mass is 10.0. The molecular formula is C11H16N2O2S. The van der Waals surface area contributed by atoms with Gasteiger partial charge in [0, 0.05) is 37.9 Å². The van der Waals surface area contributed by atoms with Gasteiger partial charge in [-0.15, -0.1) is 11.3 Å². The van der Waals surface area contributed by atoms with E-state index < -0.39 is 0 Å². The van der Waals surface area contributed by atoms with Gasteiger partial charge >= 0.3 is 0 Å². The summed E-state index contributed by atoms with van der Waals surface area (Å²) in [7, 11) is 0. The normalized spacial score (nSPS) is 25.2. The zero-order chi connectivity index (χ0) is 10.8. The van der Waals surface area contributed by atoms with Gasteiger partial charge < -0.3 is 9.47 Å². The number of nitrogens with zero attached hydrogens (tertiary/aromatic N) is 2. The molecule has 0 bridgehead atoms. The smallest absolute Gasteiger partial charge is 0.170 e. The molecule has 1 aromatic rings. The van der Waals surface area contributed by atoms with E-state index in [4.69, 9.17) is 9.47 Å². The van der Waals surface area contributed by atoms with Crippen molar-refractivity contribution in [1.29, 1.82) is 0 Å². The van der Waals surface area contributed by atoms with E-state index in [-0.39, 0.29) is 5.79 Å². The van der Waals surface area contributed by atoms with Crippen LogP contribution in [0.5, 0.6) is 0 Å². The number of hydrogen-bond donors (Lipinski definition) is 0. The third kappa shape index (κ3) is 2.13. The molecule has 2 saturated heterocycles. The second kappa shape index (κ2) is 4.41. The number of hydrogen-bond acceptors (Lipinski definition) is 5. The summed E-state index contributed by atoms with van der Waals surface area (Å²) in [5, 5.41) is 2.12. The van der Waals surface area contributed by atoms with Crippen LogP contribution in [0, 0.1) is 0 Å². The summed E-state index contributed by atoms with van der Waals surface area (Å²) in [5.41, 5.74) is 3.07. The molecule has 5 heteroatoms. The first-order valence-corrected chi connectivity index (χ1v) is 6.68. The lowest BCUT2D eigenvalue weighted by Crippen LogP contribution is -2.44. The molecule has 2 aliphatic rings. The minimum atomic E-state index is -0.251. The van der Waals surface area contributed by atoms with Crippen LogP contribution in [0.15, 0.2) is 10.9 Å². The maximum absolute atomic E-state index is 5.70. The van der Waals surface area contributed by atoms with Gasteiger partial charge in [-0.1, -0.05) is 0 Å². The Bertz CT molecular complexity index is 326. The summed E-state index contributed by atoms with van der Waals surface area (Å²) in [5.74, 6) is -0.251. The Hall–Kier alpha value is -0.490. The van der Waals surface area contributed by atoms with Crippen molar-refractivity contribution in [2.24, 2.45) is 0 Å². The molecule has 4 nitrogen and oxygen atoms in total. The molecule has 88 valence electrons. The third-order valence-electron chi connectivity index (χ3n) is 3.30. The average Bonchev–Trinajstić information content (AvgIpc) is 2.94. The van der Waals surface area contributed by atoms with Gasteiger partial charge in [-0.2, -0.15) is 0 Å². The van der Waals surface area contributed by atoms with Crippen molar-refractivity contribution >= 4 is 11.3 Å². The Morgan fingerprint density at radius 3 is 2.69 bits per heavy atom. The molecule has 2 fully saturated rings. The van der Waals surface area contributed by atoms with E-state index in [0.29, 0.717) is 0 Å². The SMILES string of the molecule is c1nc(CN2CCC3(CC2)OCCO3)cs1. The van der Waals surface area contributed by atoms with Crippen molar-refractivity contribution in [2.45, 2.75) is 25.2 Å². The standard InChI is InChI=1S/C11H16N2O2S/c1-3-13(7-10-8-16-9-12-10)4-2-11(1)14-5-6-15-11/h8-9H,1-7H2. The summed E-state index contributed by atoms with van der Waals surface area (Å²) in [6, 6.07) is 0.